The van der Waals surface area contributed by atoms with Gasteiger partial charge in [0.1, 0.15) is 22.8 Å². The average Bonchev–Trinajstić information content (AvgIpc) is 3.16. The van der Waals surface area contributed by atoms with E-state index in [0.29, 0.717) is 26.2 Å². The van der Waals surface area contributed by atoms with Crippen molar-refractivity contribution in [3.8, 4) is 0 Å². The second-order valence-corrected chi connectivity index (χ2v) is 10.9. The lowest BCUT2D eigenvalue weighted by molar-refractivity contribution is -0.0762. The molecule has 1 N–H and O–H groups in total. The Hall–Kier alpha value is -2.11. The molecule has 3 aliphatic rings. The number of sulfonamides is 1. The van der Waals surface area contributed by atoms with Gasteiger partial charge in [-0.1, -0.05) is 17.7 Å². The molecule has 6 nitrogen and oxygen atoms in total. The number of benzene rings is 1. The summed E-state index contributed by atoms with van der Waals surface area (Å²) in [6.45, 7) is 1.83. The number of nitrogens with one attached hydrogen (secondary N) is 1. The largest absolute Gasteiger partial charge is 0.370 e. The van der Waals surface area contributed by atoms with Crippen molar-refractivity contribution < 1.29 is 26.0 Å². The monoisotopic (exact) mass is 504 g/mol. The number of likely N-dealkylation sites (tertiary alicyclic amines) is 1. The number of nitrogens with zero attached hydrogens (tertiary/aromatic N) is 3. The van der Waals surface area contributed by atoms with Crippen molar-refractivity contribution in [1.29, 1.82) is 0 Å². The molecule has 1 aromatic heterocycles. The van der Waals surface area contributed by atoms with Gasteiger partial charge in [-0.3, -0.25) is 9.62 Å². The van der Waals surface area contributed by atoms with Crippen LogP contribution in [0.15, 0.2) is 29.2 Å². The van der Waals surface area contributed by atoms with Crippen molar-refractivity contribution in [2.75, 3.05) is 35.8 Å². The van der Waals surface area contributed by atoms with E-state index in [1.54, 1.807) is 4.90 Å². The molecule has 1 aromatic carbocycles. The van der Waals surface area contributed by atoms with E-state index in [1.165, 1.54) is 6.07 Å². The quantitative estimate of drug-likeness (QED) is 0.379. The highest BCUT2D eigenvalue weighted by molar-refractivity contribution is 7.92. The molecule has 12 heteroatoms. The molecule has 3 fully saturated rings. The van der Waals surface area contributed by atoms with Crippen molar-refractivity contribution in [3.63, 3.8) is 0 Å². The lowest BCUT2D eigenvalue weighted by atomic mass is 9.62. The lowest BCUT2D eigenvalue weighted by Crippen LogP contribution is -2.64. The summed E-state index contributed by atoms with van der Waals surface area (Å²) in [5, 5.41) is -0.510. The van der Waals surface area contributed by atoms with Crippen LogP contribution in [0.3, 0.4) is 0 Å². The number of aromatic nitrogens is 1. The Morgan fingerprint density at radius 2 is 1.94 bits per heavy atom. The van der Waals surface area contributed by atoms with Crippen LogP contribution in [0.25, 0.3) is 0 Å². The van der Waals surface area contributed by atoms with Crippen LogP contribution in [0.4, 0.5) is 29.1 Å². The molecule has 0 bridgehead atoms. The van der Waals surface area contributed by atoms with Gasteiger partial charge in [0, 0.05) is 43.7 Å². The minimum atomic E-state index is -4.77. The highest BCUT2D eigenvalue weighted by Gasteiger charge is 2.55. The van der Waals surface area contributed by atoms with Gasteiger partial charge in [-0.05, 0) is 31.4 Å². The Labute approximate surface area is 193 Å². The van der Waals surface area contributed by atoms with Gasteiger partial charge in [-0.25, -0.2) is 26.6 Å². The first-order valence-electron chi connectivity index (χ1n) is 10.6. The van der Waals surface area contributed by atoms with E-state index in [9.17, 15) is 21.6 Å². The van der Waals surface area contributed by atoms with Crippen molar-refractivity contribution in [2.24, 2.45) is 5.41 Å². The highest BCUT2D eigenvalue weighted by Crippen LogP contribution is 2.53. The smallest absolute Gasteiger partial charge is 0.268 e. The zero-order chi connectivity index (χ0) is 23.5. The van der Waals surface area contributed by atoms with Gasteiger partial charge in [0.05, 0.1) is 5.69 Å². The molecular formula is C21H21ClF4N4O2S. The molecule has 2 aliphatic heterocycles. The summed E-state index contributed by atoms with van der Waals surface area (Å²) in [5.41, 5.74) is -0.0183. The van der Waals surface area contributed by atoms with Crippen molar-refractivity contribution in [3.05, 3.63) is 46.9 Å². The number of alkyl halides is 1. The predicted molar refractivity (Wildman–Crippen MR) is 115 cm³/mol. The second kappa shape index (κ2) is 7.99. The van der Waals surface area contributed by atoms with Crippen LogP contribution < -0.4 is 9.62 Å². The SMILES string of the molecule is O=S(=O)(Nc1cccc(F)n1)c1c(F)cc(N2CC[C@@]3(CC[C@H]3N3CC(F)C3)C2)c(Cl)c1F. The Kier molecular flexibility index (Phi) is 5.49. The molecule has 5 rings (SSSR count). The molecule has 0 radical (unpaired) electrons. The molecule has 0 amide bonds. The van der Waals surface area contributed by atoms with Gasteiger partial charge >= 0.3 is 0 Å². The molecule has 178 valence electrons. The molecule has 0 unspecified atom stereocenters. The summed E-state index contributed by atoms with van der Waals surface area (Å²) >= 11 is 6.18. The Balaban J connectivity index is 1.40. The third-order valence-electron chi connectivity index (χ3n) is 6.97. The third-order valence-corrected chi connectivity index (χ3v) is 8.72. The fraction of sp³-hybridized carbons (Fsp3) is 0.476. The standard InChI is InChI=1S/C21H21ClF4N4O2S/c22-18-14(29-7-6-21(11-29)5-4-15(21)30-9-12(23)10-30)8-13(24)20(19(18)26)33(31,32)28-17-3-1-2-16(25)27-17/h1-3,8,12,15H,4-7,9-11H2,(H,27,28)/t15-,21+/m1/s1. The molecule has 2 atom stereocenters. The van der Waals surface area contributed by atoms with E-state index in [4.69, 9.17) is 11.6 Å². The first-order chi connectivity index (χ1) is 15.6. The number of pyridine rings is 1. The summed E-state index contributed by atoms with van der Waals surface area (Å²) in [4.78, 5) is 5.96. The molecular weight excluding hydrogens is 484 g/mol. The van der Waals surface area contributed by atoms with Crippen LogP contribution >= 0.6 is 11.6 Å². The average molecular weight is 505 g/mol. The maximum atomic E-state index is 15.1. The maximum absolute atomic E-state index is 15.1. The maximum Gasteiger partial charge on any atom is 0.268 e. The molecule has 3 heterocycles. The number of halogens is 5. The summed E-state index contributed by atoms with van der Waals surface area (Å²) in [5.74, 6) is -4.12. The third kappa shape index (κ3) is 3.83. The number of rotatable bonds is 5. The van der Waals surface area contributed by atoms with Crippen LogP contribution in [0.2, 0.25) is 5.02 Å². The number of hydrogen-bond acceptors (Lipinski definition) is 5. The van der Waals surface area contributed by atoms with Gasteiger partial charge in [-0.15, -0.1) is 0 Å². The topological polar surface area (TPSA) is 65.5 Å². The zero-order valence-electron chi connectivity index (χ0n) is 17.4. The van der Waals surface area contributed by atoms with Crippen LogP contribution in [0.1, 0.15) is 19.3 Å². The van der Waals surface area contributed by atoms with E-state index < -0.39 is 49.5 Å². The molecule has 2 saturated heterocycles. The fourth-order valence-electron chi connectivity index (χ4n) is 5.24. The van der Waals surface area contributed by atoms with E-state index in [0.717, 1.165) is 37.5 Å². The molecule has 1 spiro atoms. The minimum absolute atomic E-state index is 0.0731. The molecule has 2 aromatic rings. The highest BCUT2D eigenvalue weighted by atomic mass is 35.5. The summed E-state index contributed by atoms with van der Waals surface area (Å²) in [6.07, 6.45) is 1.86. The van der Waals surface area contributed by atoms with Crippen molar-refractivity contribution in [1.82, 2.24) is 9.88 Å². The number of anilines is 2. The molecule has 1 aliphatic carbocycles. The fourth-order valence-corrected chi connectivity index (χ4v) is 6.70. The normalized spacial score (nSPS) is 25.8. The Morgan fingerprint density at radius 1 is 1.18 bits per heavy atom. The van der Waals surface area contributed by atoms with Crippen LogP contribution in [0, 0.1) is 23.0 Å². The van der Waals surface area contributed by atoms with Gasteiger partial charge in [-0.2, -0.15) is 4.39 Å². The molecule has 1 saturated carbocycles. The van der Waals surface area contributed by atoms with E-state index >= 15 is 4.39 Å². The van der Waals surface area contributed by atoms with Crippen LogP contribution in [-0.4, -0.2) is 56.7 Å². The molecule has 33 heavy (non-hydrogen) atoms. The summed E-state index contributed by atoms with van der Waals surface area (Å²) in [6, 6.07) is 4.48. The Morgan fingerprint density at radius 3 is 2.58 bits per heavy atom. The summed E-state index contributed by atoms with van der Waals surface area (Å²) in [7, 11) is -4.77. The first kappa shape index (κ1) is 22.7. The van der Waals surface area contributed by atoms with E-state index in [2.05, 4.69) is 9.88 Å². The van der Waals surface area contributed by atoms with Crippen LogP contribution in [0.5, 0.6) is 0 Å². The first-order valence-corrected chi connectivity index (χ1v) is 12.4. The van der Waals surface area contributed by atoms with E-state index in [-0.39, 0.29) is 17.1 Å². The zero-order valence-corrected chi connectivity index (χ0v) is 18.9. The van der Waals surface area contributed by atoms with Gasteiger partial charge in [0.15, 0.2) is 10.7 Å². The van der Waals surface area contributed by atoms with Crippen molar-refractivity contribution in [2.45, 2.75) is 36.4 Å². The van der Waals surface area contributed by atoms with Gasteiger partial charge in [0.2, 0.25) is 5.95 Å². The lowest BCUT2D eigenvalue weighted by Gasteiger charge is -2.56. The van der Waals surface area contributed by atoms with Crippen LogP contribution in [-0.2, 0) is 10.0 Å². The second-order valence-electron chi connectivity index (χ2n) is 8.93. The Bertz CT molecular complexity index is 1210. The summed E-state index contributed by atoms with van der Waals surface area (Å²) < 4.78 is 83.7. The van der Waals surface area contributed by atoms with Gasteiger partial charge < -0.3 is 4.90 Å². The number of hydrogen-bond donors (Lipinski definition) is 1. The minimum Gasteiger partial charge on any atom is -0.370 e. The van der Waals surface area contributed by atoms with E-state index in [1.807, 2.05) is 4.72 Å². The predicted octanol–water partition coefficient (Wildman–Crippen LogP) is 3.97. The van der Waals surface area contributed by atoms with Crippen molar-refractivity contribution >= 4 is 33.1 Å². The van der Waals surface area contributed by atoms with Gasteiger partial charge in [0.25, 0.3) is 10.0 Å².